The molecular weight excluding hydrogens is 755 g/mol. The summed E-state index contributed by atoms with van der Waals surface area (Å²) in [4.78, 5) is 15.8. The van der Waals surface area contributed by atoms with Crippen molar-refractivity contribution in [3.05, 3.63) is 224 Å². The van der Waals surface area contributed by atoms with E-state index in [0.29, 0.717) is 28.8 Å². The van der Waals surface area contributed by atoms with Crippen LogP contribution in [-0.4, -0.2) is 24.1 Å². The van der Waals surface area contributed by atoms with Gasteiger partial charge in [-0.3, -0.25) is 4.57 Å². The lowest BCUT2D eigenvalue weighted by molar-refractivity contribution is 0.953. The van der Waals surface area contributed by atoms with E-state index in [1.54, 1.807) is 12.1 Å². The average molecular weight is 802 g/mol. The first kappa shape index (κ1) is 26.6. The zero-order valence-electron chi connectivity index (χ0n) is 42.8. The molecule has 0 fully saturated rings. The van der Waals surface area contributed by atoms with Gasteiger partial charge in [0.2, 0.25) is 5.95 Å². The van der Waals surface area contributed by atoms with Crippen LogP contribution >= 0.6 is 0 Å². The van der Waals surface area contributed by atoms with Gasteiger partial charge in [-0.1, -0.05) is 194 Å². The van der Waals surface area contributed by atoms with Crippen LogP contribution in [0, 0.1) is 0 Å². The third kappa shape index (κ3) is 5.90. The molecular formula is C57H37N5. The molecule has 0 amide bonds. The minimum Gasteiger partial charge on any atom is -0.307 e. The van der Waals surface area contributed by atoms with Gasteiger partial charge >= 0.3 is 0 Å². The molecule has 0 bridgehead atoms. The number of hydrogen-bond acceptors (Lipinski definition) is 3. The van der Waals surface area contributed by atoms with Crippen LogP contribution in [-0.2, 0) is 0 Å². The second-order valence-electron chi connectivity index (χ2n) is 14.9. The number of nitrogens with zero attached hydrogens (tertiary/aromatic N) is 5. The number of rotatable bonds is 7. The molecule has 0 saturated heterocycles. The Morgan fingerprint density at radius 3 is 1.44 bits per heavy atom. The van der Waals surface area contributed by atoms with Crippen molar-refractivity contribution in [2.24, 2.45) is 0 Å². The first-order valence-electron chi connectivity index (χ1n) is 25.1. The number of aromatic nitrogens is 5. The minimum atomic E-state index is -0.561. The van der Waals surface area contributed by atoms with Crippen LogP contribution in [0.4, 0.5) is 0 Å². The molecule has 290 valence electrons. The molecule has 0 N–H and O–H groups in total. The van der Waals surface area contributed by atoms with Crippen LogP contribution in [0.25, 0.3) is 111 Å². The summed E-state index contributed by atoms with van der Waals surface area (Å²) in [7, 11) is 0. The van der Waals surface area contributed by atoms with Gasteiger partial charge in [0, 0.05) is 38.4 Å². The summed E-state index contributed by atoms with van der Waals surface area (Å²) in [5.41, 5.74) is 7.02. The first-order valence-corrected chi connectivity index (χ1v) is 20.1. The Balaban J connectivity index is 1.24. The van der Waals surface area contributed by atoms with E-state index in [9.17, 15) is 0 Å². The molecule has 0 aliphatic carbocycles. The zero-order valence-corrected chi connectivity index (χ0v) is 32.8. The summed E-state index contributed by atoms with van der Waals surface area (Å²) >= 11 is 0. The second-order valence-corrected chi connectivity index (χ2v) is 14.9. The smallest absolute Gasteiger partial charge is 0.238 e. The Bertz CT molecular complexity index is 4080. The third-order valence-electron chi connectivity index (χ3n) is 11.3. The number of para-hydroxylation sites is 2. The van der Waals surface area contributed by atoms with Gasteiger partial charge in [-0.05, 0) is 63.7 Å². The number of hydrogen-bond donors (Lipinski definition) is 0. The fraction of sp³-hybridized carbons (Fsp3) is 0. The molecule has 9 aromatic carbocycles. The maximum absolute atomic E-state index is 9.09. The lowest BCUT2D eigenvalue weighted by atomic mass is 9.98. The topological polar surface area (TPSA) is 48.5 Å². The Hall–Kier alpha value is -8.41. The van der Waals surface area contributed by atoms with Gasteiger partial charge in [0.05, 0.1) is 35.8 Å². The lowest BCUT2D eigenvalue weighted by Crippen LogP contribution is -2.07. The first-order chi connectivity index (χ1) is 34.9. The highest BCUT2D eigenvalue weighted by atomic mass is 15.2. The molecule has 0 aliphatic heterocycles. The largest absolute Gasteiger partial charge is 0.307 e. The molecule has 0 aliphatic rings. The van der Waals surface area contributed by atoms with Crippen molar-refractivity contribution in [1.82, 2.24) is 24.1 Å². The molecule has 0 saturated carbocycles. The van der Waals surface area contributed by atoms with Crippen LogP contribution in [0.1, 0.15) is 13.7 Å². The van der Waals surface area contributed by atoms with E-state index in [2.05, 4.69) is 30.3 Å². The Morgan fingerprint density at radius 2 is 0.823 bits per heavy atom. The summed E-state index contributed by atoms with van der Waals surface area (Å²) in [6, 6.07) is 47.7. The Morgan fingerprint density at radius 1 is 0.339 bits per heavy atom. The quantitative estimate of drug-likeness (QED) is 0.161. The monoisotopic (exact) mass is 801 g/mol. The predicted octanol–water partition coefficient (Wildman–Crippen LogP) is 14.4. The molecule has 0 unspecified atom stereocenters. The molecule has 0 spiro atoms. The van der Waals surface area contributed by atoms with Crippen LogP contribution in [0.2, 0.25) is 0 Å². The molecule has 0 atom stereocenters. The molecule has 12 rings (SSSR count). The Labute approximate surface area is 372 Å². The third-order valence-corrected chi connectivity index (χ3v) is 11.3. The molecule has 5 heteroatoms. The molecule has 3 heterocycles. The predicted molar refractivity (Wildman–Crippen MR) is 256 cm³/mol. The van der Waals surface area contributed by atoms with E-state index in [4.69, 9.17) is 28.7 Å². The fourth-order valence-corrected chi connectivity index (χ4v) is 8.64. The average Bonchev–Trinajstić information content (AvgIpc) is 3.94. The number of benzene rings is 9. The highest BCUT2D eigenvalue weighted by Crippen LogP contribution is 2.43. The van der Waals surface area contributed by atoms with E-state index in [1.165, 1.54) is 6.07 Å². The summed E-state index contributed by atoms with van der Waals surface area (Å²) in [6.45, 7) is 0. The number of fused-ring (bicyclic) bond motifs is 7. The van der Waals surface area contributed by atoms with Gasteiger partial charge in [-0.15, -0.1) is 0 Å². The molecule has 0 radical (unpaired) electrons. The maximum atomic E-state index is 9.09. The molecule has 3 aromatic heterocycles. The normalized spacial score (nSPS) is 13.8. The van der Waals surface area contributed by atoms with Gasteiger partial charge in [0.25, 0.3) is 0 Å². The molecule has 5 nitrogen and oxygen atoms in total. The van der Waals surface area contributed by atoms with E-state index in [1.807, 2.05) is 124 Å². The van der Waals surface area contributed by atoms with Gasteiger partial charge in [-0.25, -0.2) is 4.98 Å². The van der Waals surface area contributed by atoms with E-state index in [-0.39, 0.29) is 22.3 Å². The van der Waals surface area contributed by atoms with Crippen molar-refractivity contribution in [1.29, 1.82) is 0 Å². The van der Waals surface area contributed by atoms with Crippen molar-refractivity contribution < 1.29 is 13.7 Å². The van der Waals surface area contributed by atoms with Crippen molar-refractivity contribution in [3.8, 4) is 67.8 Å². The van der Waals surface area contributed by atoms with Crippen LogP contribution < -0.4 is 0 Å². The second kappa shape index (κ2) is 14.7. The van der Waals surface area contributed by atoms with E-state index in [0.717, 1.165) is 60.3 Å². The van der Waals surface area contributed by atoms with Crippen molar-refractivity contribution in [3.63, 3.8) is 0 Å². The fourth-order valence-electron chi connectivity index (χ4n) is 8.64. The van der Waals surface area contributed by atoms with Gasteiger partial charge in [-0.2, -0.15) is 9.97 Å². The summed E-state index contributed by atoms with van der Waals surface area (Å²) in [5, 5.41) is 3.48. The molecule has 62 heavy (non-hydrogen) atoms. The van der Waals surface area contributed by atoms with Gasteiger partial charge in [0.15, 0.2) is 11.6 Å². The van der Waals surface area contributed by atoms with Crippen molar-refractivity contribution >= 4 is 43.6 Å². The zero-order chi connectivity index (χ0) is 49.7. The Kier molecular flexibility index (Phi) is 6.31. The highest BCUT2D eigenvalue weighted by molar-refractivity contribution is 6.23. The van der Waals surface area contributed by atoms with Crippen molar-refractivity contribution in [2.75, 3.05) is 0 Å². The highest BCUT2D eigenvalue weighted by Gasteiger charge is 2.24. The lowest BCUT2D eigenvalue weighted by Gasteiger charge is -2.16. The van der Waals surface area contributed by atoms with Gasteiger partial charge in [0.1, 0.15) is 0 Å². The molecule has 12 aromatic rings. The standard InChI is InChI=1S/C57H37N5/c1-5-19-38(20-6-1)42-35-43(39-21-7-2-8-22-39)37-44(36-42)61-51-31-17-15-28-46(51)48-33-34-49-47-29-16-18-32-52(47)62(54(49)53(48)61)57-59-55(41-25-11-4-12-26-41)58-56(60-57)50-30-14-13-27-45(50)40-23-9-3-10-24-40/h1-37H/i1D,2D,5D,6D,7D,8D,19D,20D,21D,22D. The van der Waals surface area contributed by atoms with Crippen LogP contribution in [0.5, 0.6) is 0 Å². The SMILES string of the molecule is [2H]c1c([2H])c([2H])c(-c2cc(-c3c([2H])c([2H])c([2H])c([2H])c3[2H])cc(-n3c4ccccc4c4ccc5c6ccccc6n(-c6nc(-c7ccccc7)nc(-c7ccccc7-c7ccccc7)n6)c5c43)c2)c([2H])c1[2H]. The summed E-state index contributed by atoms with van der Waals surface area (Å²) in [6.07, 6.45) is 0. The minimum absolute atomic E-state index is 0.113. The van der Waals surface area contributed by atoms with Crippen LogP contribution in [0.3, 0.4) is 0 Å². The van der Waals surface area contributed by atoms with E-state index >= 15 is 0 Å². The van der Waals surface area contributed by atoms with Gasteiger partial charge < -0.3 is 4.57 Å². The van der Waals surface area contributed by atoms with Crippen LogP contribution in [0.15, 0.2) is 224 Å². The maximum Gasteiger partial charge on any atom is 0.238 e. The summed E-state index contributed by atoms with van der Waals surface area (Å²) < 4.78 is 91.8. The summed E-state index contributed by atoms with van der Waals surface area (Å²) in [5.74, 6) is 1.24. The van der Waals surface area contributed by atoms with Crippen molar-refractivity contribution in [2.45, 2.75) is 0 Å². The van der Waals surface area contributed by atoms with E-state index < -0.39 is 60.4 Å².